The van der Waals surface area contributed by atoms with Gasteiger partial charge >= 0.3 is 0 Å². The summed E-state index contributed by atoms with van der Waals surface area (Å²) in [7, 11) is 0. The summed E-state index contributed by atoms with van der Waals surface area (Å²) in [6, 6.07) is 8.59. The summed E-state index contributed by atoms with van der Waals surface area (Å²) < 4.78 is 5.50. The highest BCUT2D eigenvalue weighted by atomic mass is 16.5. The first-order valence-corrected chi connectivity index (χ1v) is 6.56. The molecule has 0 saturated carbocycles. The van der Waals surface area contributed by atoms with E-state index in [-0.39, 0.29) is 23.5 Å². The molecule has 1 fully saturated rings. The van der Waals surface area contributed by atoms with Crippen LogP contribution in [-0.2, 0) is 9.53 Å². The van der Waals surface area contributed by atoms with Crippen molar-refractivity contribution in [3.8, 4) is 12.1 Å². The van der Waals surface area contributed by atoms with Gasteiger partial charge in [-0.3, -0.25) is 4.79 Å². The molecule has 2 atom stereocenters. The van der Waals surface area contributed by atoms with E-state index in [9.17, 15) is 4.79 Å². The third-order valence-electron chi connectivity index (χ3n) is 3.48. The standard InChI is InChI=1S/C15H15N3O2/c1-2-14-13(5-6-20-14)15(19)18-12-4-3-10(8-16)11(7-12)9-17/h3-4,7,13-14H,2,5-6H2,1H3,(H,18,19). The molecule has 5 nitrogen and oxygen atoms in total. The van der Waals surface area contributed by atoms with Gasteiger partial charge in [0.2, 0.25) is 5.91 Å². The van der Waals surface area contributed by atoms with Gasteiger partial charge in [0.15, 0.2) is 0 Å². The highest BCUT2D eigenvalue weighted by molar-refractivity contribution is 5.93. The lowest BCUT2D eigenvalue weighted by atomic mass is 9.98. The maximum atomic E-state index is 12.2. The molecule has 1 N–H and O–H groups in total. The third kappa shape index (κ3) is 2.79. The second kappa shape index (κ2) is 6.18. The lowest BCUT2D eigenvalue weighted by molar-refractivity contribution is -0.121. The SMILES string of the molecule is CCC1OCCC1C(=O)Nc1ccc(C#N)c(C#N)c1. The Labute approximate surface area is 117 Å². The fourth-order valence-electron chi connectivity index (χ4n) is 2.40. The number of carbonyl (C=O) groups excluding carboxylic acids is 1. The molecule has 2 unspecified atom stereocenters. The van der Waals surface area contributed by atoms with Gasteiger partial charge in [-0.15, -0.1) is 0 Å². The molecule has 2 rings (SSSR count). The molecule has 1 aromatic rings. The summed E-state index contributed by atoms with van der Waals surface area (Å²) in [6.07, 6.45) is 1.48. The van der Waals surface area contributed by atoms with E-state index in [1.165, 1.54) is 12.1 Å². The lowest BCUT2D eigenvalue weighted by Gasteiger charge is -2.16. The Morgan fingerprint density at radius 1 is 1.40 bits per heavy atom. The van der Waals surface area contributed by atoms with E-state index in [0.29, 0.717) is 24.3 Å². The van der Waals surface area contributed by atoms with Gasteiger partial charge in [-0.05, 0) is 31.0 Å². The van der Waals surface area contributed by atoms with Crippen LogP contribution in [0.15, 0.2) is 18.2 Å². The first-order valence-electron chi connectivity index (χ1n) is 6.56. The van der Waals surface area contributed by atoms with Crippen LogP contribution in [0.25, 0.3) is 0 Å². The van der Waals surface area contributed by atoms with Crippen molar-refractivity contribution in [3.05, 3.63) is 29.3 Å². The molecule has 1 aromatic carbocycles. The molecule has 1 saturated heterocycles. The van der Waals surface area contributed by atoms with Crippen molar-refractivity contribution in [1.82, 2.24) is 0 Å². The van der Waals surface area contributed by atoms with E-state index in [1.807, 2.05) is 19.1 Å². The molecule has 5 heteroatoms. The number of anilines is 1. The number of benzene rings is 1. The topological polar surface area (TPSA) is 85.9 Å². The number of nitriles is 2. The number of hydrogen-bond donors (Lipinski definition) is 1. The van der Waals surface area contributed by atoms with Crippen molar-refractivity contribution in [2.24, 2.45) is 5.92 Å². The number of nitrogens with one attached hydrogen (secondary N) is 1. The van der Waals surface area contributed by atoms with Crippen LogP contribution in [0.4, 0.5) is 5.69 Å². The predicted molar refractivity (Wildman–Crippen MR) is 72.6 cm³/mol. The number of rotatable bonds is 3. The monoisotopic (exact) mass is 269 g/mol. The molecule has 0 radical (unpaired) electrons. The Bertz CT molecular complexity index is 598. The smallest absolute Gasteiger partial charge is 0.230 e. The molecular weight excluding hydrogens is 254 g/mol. The summed E-state index contributed by atoms with van der Waals surface area (Å²) in [5.74, 6) is -0.246. The van der Waals surface area contributed by atoms with Gasteiger partial charge in [-0.1, -0.05) is 6.92 Å². The molecule has 1 aliphatic heterocycles. The average Bonchev–Trinajstić information content (AvgIpc) is 2.95. The zero-order chi connectivity index (χ0) is 14.5. The zero-order valence-electron chi connectivity index (χ0n) is 11.2. The van der Waals surface area contributed by atoms with Crippen LogP contribution in [0.1, 0.15) is 30.9 Å². The van der Waals surface area contributed by atoms with Crippen molar-refractivity contribution in [1.29, 1.82) is 10.5 Å². The summed E-state index contributed by atoms with van der Waals surface area (Å²) in [4.78, 5) is 12.2. The van der Waals surface area contributed by atoms with E-state index < -0.39 is 0 Å². The summed E-state index contributed by atoms with van der Waals surface area (Å²) in [5.41, 5.74) is 1.11. The largest absolute Gasteiger partial charge is 0.377 e. The van der Waals surface area contributed by atoms with Crippen LogP contribution < -0.4 is 5.32 Å². The second-order valence-electron chi connectivity index (χ2n) is 4.69. The highest BCUT2D eigenvalue weighted by Gasteiger charge is 2.32. The quantitative estimate of drug-likeness (QED) is 0.911. The van der Waals surface area contributed by atoms with Crippen LogP contribution >= 0.6 is 0 Å². The maximum absolute atomic E-state index is 12.2. The van der Waals surface area contributed by atoms with E-state index in [2.05, 4.69) is 5.32 Å². The first kappa shape index (κ1) is 14.0. The molecule has 0 bridgehead atoms. The Morgan fingerprint density at radius 3 is 2.80 bits per heavy atom. The van der Waals surface area contributed by atoms with Crippen molar-refractivity contribution in [3.63, 3.8) is 0 Å². The van der Waals surface area contributed by atoms with Gasteiger partial charge in [-0.25, -0.2) is 0 Å². The molecule has 0 aliphatic carbocycles. The Morgan fingerprint density at radius 2 is 2.15 bits per heavy atom. The summed E-state index contributed by atoms with van der Waals surface area (Å²) in [6.45, 7) is 2.60. The molecule has 20 heavy (non-hydrogen) atoms. The van der Waals surface area contributed by atoms with Crippen LogP contribution in [0.2, 0.25) is 0 Å². The predicted octanol–water partition coefficient (Wildman–Crippen LogP) is 2.18. The Kier molecular flexibility index (Phi) is 4.34. The number of carbonyl (C=O) groups is 1. The van der Waals surface area contributed by atoms with Gasteiger partial charge < -0.3 is 10.1 Å². The molecule has 1 amide bonds. The van der Waals surface area contributed by atoms with E-state index in [1.54, 1.807) is 6.07 Å². The number of amides is 1. The number of nitrogens with zero attached hydrogens (tertiary/aromatic N) is 2. The van der Waals surface area contributed by atoms with Crippen LogP contribution in [-0.4, -0.2) is 18.6 Å². The first-order chi connectivity index (χ1) is 9.69. The van der Waals surface area contributed by atoms with Crippen molar-refractivity contribution < 1.29 is 9.53 Å². The fraction of sp³-hybridized carbons (Fsp3) is 0.400. The minimum atomic E-state index is -0.152. The van der Waals surface area contributed by atoms with E-state index in [0.717, 1.165) is 6.42 Å². The highest BCUT2D eigenvalue weighted by Crippen LogP contribution is 2.25. The minimum Gasteiger partial charge on any atom is -0.377 e. The molecule has 0 spiro atoms. The van der Waals surface area contributed by atoms with E-state index in [4.69, 9.17) is 15.3 Å². The fourth-order valence-corrected chi connectivity index (χ4v) is 2.40. The van der Waals surface area contributed by atoms with Gasteiger partial charge in [0.25, 0.3) is 0 Å². The molecule has 1 heterocycles. The van der Waals surface area contributed by atoms with Gasteiger partial charge in [0.05, 0.1) is 23.1 Å². The lowest BCUT2D eigenvalue weighted by Crippen LogP contribution is -2.29. The van der Waals surface area contributed by atoms with Crippen molar-refractivity contribution in [2.45, 2.75) is 25.9 Å². The normalized spacial score (nSPS) is 20.9. The van der Waals surface area contributed by atoms with Crippen molar-refractivity contribution in [2.75, 3.05) is 11.9 Å². The molecule has 0 aromatic heterocycles. The van der Waals surface area contributed by atoms with Crippen molar-refractivity contribution >= 4 is 11.6 Å². The zero-order valence-corrected chi connectivity index (χ0v) is 11.2. The second-order valence-corrected chi connectivity index (χ2v) is 4.69. The maximum Gasteiger partial charge on any atom is 0.230 e. The van der Waals surface area contributed by atoms with Crippen LogP contribution in [0, 0.1) is 28.6 Å². The van der Waals surface area contributed by atoms with E-state index >= 15 is 0 Å². The third-order valence-corrected chi connectivity index (χ3v) is 3.48. The number of hydrogen-bond acceptors (Lipinski definition) is 4. The molecule has 102 valence electrons. The van der Waals surface area contributed by atoms with Gasteiger partial charge in [-0.2, -0.15) is 10.5 Å². The molecule has 1 aliphatic rings. The van der Waals surface area contributed by atoms with Gasteiger partial charge in [0.1, 0.15) is 12.1 Å². The van der Waals surface area contributed by atoms with Gasteiger partial charge in [0, 0.05) is 12.3 Å². The van der Waals surface area contributed by atoms with Crippen LogP contribution in [0.5, 0.6) is 0 Å². The Balaban J connectivity index is 2.13. The molecular formula is C15H15N3O2. The number of ether oxygens (including phenoxy) is 1. The summed E-state index contributed by atoms with van der Waals surface area (Å²) >= 11 is 0. The summed E-state index contributed by atoms with van der Waals surface area (Å²) in [5, 5.41) is 20.6. The van der Waals surface area contributed by atoms with Crippen LogP contribution in [0.3, 0.4) is 0 Å². The minimum absolute atomic E-state index is 0.0381. The average molecular weight is 269 g/mol. The Hall–Kier alpha value is -2.37.